The van der Waals surface area contributed by atoms with Crippen LogP contribution in [0.5, 0.6) is 0 Å². The van der Waals surface area contributed by atoms with Gasteiger partial charge in [0.25, 0.3) is 0 Å². The Kier molecular flexibility index (Phi) is 7.92. The maximum Gasteiger partial charge on any atom is 0.163 e. The van der Waals surface area contributed by atoms with Gasteiger partial charge in [-0.3, -0.25) is 0 Å². The smallest absolute Gasteiger partial charge is 0.163 e. The van der Waals surface area contributed by atoms with Gasteiger partial charge in [0.1, 0.15) is 6.33 Å². The zero-order valence-corrected chi connectivity index (χ0v) is 26.2. The van der Waals surface area contributed by atoms with E-state index in [2.05, 4.69) is 156 Å². The van der Waals surface area contributed by atoms with Crippen LogP contribution in [0.1, 0.15) is 0 Å². The second-order valence-electron chi connectivity index (χ2n) is 11.8. The Morgan fingerprint density at radius 2 is 0.521 bits per heavy atom. The van der Waals surface area contributed by atoms with E-state index in [9.17, 15) is 0 Å². The summed E-state index contributed by atoms with van der Waals surface area (Å²) in [6.45, 7) is 0. The first-order chi connectivity index (χ1) is 23.8. The number of hydrogen-bond donors (Lipinski definition) is 0. The van der Waals surface area contributed by atoms with Crippen LogP contribution in [0.2, 0.25) is 0 Å². The summed E-state index contributed by atoms with van der Waals surface area (Å²) in [4.78, 5) is 13.7. The monoisotopic (exact) mass is 613 g/mol. The molecule has 8 aromatic rings. The van der Waals surface area contributed by atoms with E-state index in [1.807, 2.05) is 36.4 Å². The van der Waals surface area contributed by atoms with Gasteiger partial charge in [0.15, 0.2) is 11.6 Å². The molecule has 226 valence electrons. The second-order valence-corrected chi connectivity index (χ2v) is 11.8. The van der Waals surface area contributed by atoms with Crippen LogP contribution in [0.3, 0.4) is 0 Å². The van der Waals surface area contributed by atoms with Gasteiger partial charge in [-0.1, -0.05) is 146 Å². The molecule has 0 aliphatic rings. The zero-order chi connectivity index (χ0) is 32.1. The van der Waals surface area contributed by atoms with Crippen molar-refractivity contribution in [2.24, 2.45) is 0 Å². The first kappa shape index (κ1) is 29.0. The Balaban J connectivity index is 1.14. The molecule has 0 atom stereocenters. The topological polar surface area (TPSA) is 38.7 Å². The van der Waals surface area contributed by atoms with Crippen molar-refractivity contribution in [2.75, 3.05) is 0 Å². The quantitative estimate of drug-likeness (QED) is 0.179. The average molecular weight is 614 g/mol. The maximum atomic E-state index is 4.78. The van der Waals surface area contributed by atoms with Gasteiger partial charge in [-0.2, -0.15) is 0 Å². The minimum atomic E-state index is 0.655. The lowest BCUT2D eigenvalue weighted by molar-refractivity contribution is 1.07. The molecule has 0 N–H and O–H groups in total. The fourth-order valence-electron chi connectivity index (χ4n) is 6.14. The van der Waals surface area contributed by atoms with Crippen molar-refractivity contribution in [3.63, 3.8) is 0 Å². The van der Waals surface area contributed by atoms with Crippen molar-refractivity contribution in [1.82, 2.24) is 15.0 Å². The molecule has 0 aliphatic carbocycles. The standard InChI is InChI=1S/C45H31N3/c1-4-13-32(14-5-1)41-28-42(33-15-6-2-7-16-33)30-43(29-41)39-23-11-21-37(26-39)35-19-10-20-36(25-35)38-22-12-24-40(27-38)45-47-31-46-44(48-45)34-17-8-3-9-18-34/h1-31H. The van der Waals surface area contributed by atoms with Crippen LogP contribution in [-0.2, 0) is 0 Å². The molecule has 0 bridgehead atoms. The van der Waals surface area contributed by atoms with Gasteiger partial charge in [-0.05, 0) is 92.0 Å². The summed E-state index contributed by atoms with van der Waals surface area (Å²) in [5.74, 6) is 1.32. The van der Waals surface area contributed by atoms with Crippen molar-refractivity contribution >= 4 is 0 Å². The molecular formula is C45H31N3. The summed E-state index contributed by atoms with van der Waals surface area (Å²) in [5, 5.41) is 0. The van der Waals surface area contributed by atoms with E-state index in [1.165, 1.54) is 38.9 Å². The van der Waals surface area contributed by atoms with Crippen molar-refractivity contribution in [3.05, 3.63) is 188 Å². The van der Waals surface area contributed by atoms with Gasteiger partial charge in [0.05, 0.1) is 0 Å². The fraction of sp³-hybridized carbons (Fsp3) is 0. The van der Waals surface area contributed by atoms with Crippen LogP contribution in [-0.4, -0.2) is 15.0 Å². The van der Waals surface area contributed by atoms with Gasteiger partial charge in [-0.15, -0.1) is 0 Å². The predicted octanol–water partition coefficient (Wildman–Crippen LogP) is 11.5. The molecule has 8 rings (SSSR count). The third-order valence-corrected chi connectivity index (χ3v) is 8.60. The van der Waals surface area contributed by atoms with Gasteiger partial charge in [-0.25, -0.2) is 15.0 Å². The van der Waals surface area contributed by atoms with E-state index in [1.54, 1.807) is 6.33 Å². The number of rotatable bonds is 7. The third kappa shape index (κ3) is 6.18. The Morgan fingerprint density at radius 1 is 0.229 bits per heavy atom. The Bertz CT molecular complexity index is 2270. The molecular weight excluding hydrogens is 583 g/mol. The highest BCUT2D eigenvalue weighted by atomic mass is 15.0. The lowest BCUT2D eigenvalue weighted by atomic mass is 9.91. The molecule has 1 aromatic heterocycles. The molecule has 3 nitrogen and oxygen atoms in total. The van der Waals surface area contributed by atoms with Crippen LogP contribution < -0.4 is 0 Å². The largest absolute Gasteiger partial charge is 0.217 e. The van der Waals surface area contributed by atoms with Gasteiger partial charge in [0.2, 0.25) is 0 Å². The van der Waals surface area contributed by atoms with Crippen molar-refractivity contribution in [1.29, 1.82) is 0 Å². The van der Waals surface area contributed by atoms with Gasteiger partial charge >= 0.3 is 0 Å². The Labute approximate surface area is 280 Å². The zero-order valence-electron chi connectivity index (χ0n) is 26.2. The fourth-order valence-corrected chi connectivity index (χ4v) is 6.14. The van der Waals surface area contributed by atoms with E-state index >= 15 is 0 Å². The van der Waals surface area contributed by atoms with Gasteiger partial charge in [0, 0.05) is 11.1 Å². The first-order valence-electron chi connectivity index (χ1n) is 16.1. The van der Waals surface area contributed by atoms with Crippen LogP contribution in [0.25, 0.3) is 78.4 Å². The minimum absolute atomic E-state index is 0.655. The molecule has 0 fully saturated rings. The lowest BCUT2D eigenvalue weighted by Gasteiger charge is -2.13. The second kappa shape index (κ2) is 13.1. The van der Waals surface area contributed by atoms with Crippen molar-refractivity contribution < 1.29 is 0 Å². The summed E-state index contributed by atoms with van der Waals surface area (Å²) < 4.78 is 0. The molecule has 0 unspecified atom stereocenters. The van der Waals surface area contributed by atoms with E-state index in [-0.39, 0.29) is 0 Å². The predicted molar refractivity (Wildman–Crippen MR) is 198 cm³/mol. The summed E-state index contributed by atoms with van der Waals surface area (Å²) >= 11 is 0. The highest BCUT2D eigenvalue weighted by molar-refractivity contribution is 5.83. The van der Waals surface area contributed by atoms with Crippen LogP contribution >= 0.6 is 0 Å². The van der Waals surface area contributed by atoms with E-state index < -0.39 is 0 Å². The molecule has 0 spiro atoms. The van der Waals surface area contributed by atoms with Crippen LogP contribution in [0.4, 0.5) is 0 Å². The normalized spacial score (nSPS) is 10.9. The summed E-state index contributed by atoms with van der Waals surface area (Å²) in [6.07, 6.45) is 1.59. The molecule has 7 aromatic carbocycles. The van der Waals surface area contributed by atoms with E-state index in [0.717, 1.165) is 27.8 Å². The average Bonchev–Trinajstić information content (AvgIpc) is 3.19. The number of hydrogen-bond acceptors (Lipinski definition) is 3. The Morgan fingerprint density at radius 3 is 0.979 bits per heavy atom. The molecule has 0 amide bonds. The van der Waals surface area contributed by atoms with Crippen LogP contribution in [0, 0.1) is 0 Å². The molecule has 0 saturated heterocycles. The lowest BCUT2D eigenvalue weighted by Crippen LogP contribution is -1.95. The number of benzene rings is 7. The van der Waals surface area contributed by atoms with E-state index in [4.69, 9.17) is 4.98 Å². The molecule has 0 saturated carbocycles. The summed E-state index contributed by atoms with van der Waals surface area (Å²) in [6, 6.07) is 64.1. The first-order valence-corrected chi connectivity index (χ1v) is 16.1. The minimum Gasteiger partial charge on any atom is -0.217 e. The van der Waals surface area contributed by atoms with Crippen molar-refractivity contribution in [3.8, 4) is 78.4 Å². The number of aromatic nitrogens is 3. The molecule has 0 aliphatic heterocycles. The third-order valence-electron chi connectivity index (χ3n) is 8.60. The summed E-state index contributed by atoms with van der Waals surface area (Å²) in [7, 11) is 0. The van der Waals surface area contributed by atoms with Gasteiger partial charge < -0.3 is 0 Å². The molecule has 48 heavy (non-hydrogen) atoms. The number of nitrogens with zero attached hydrogens (tertiary/aromatic N) is 3. The summed E-state index contributed by atoms with van der Waals surface area (Å²) in [5.41, 5.74) is 13.7. The van der Waals surface area contributed by atoms with Crippen molar-refractivity contribution in [2.45, 2.75) is 0 Å². The van der Waals surface area contributed by atoms with Crippen LogP contribution in [0.15, 0.2) is 188 Å². The highest BCUT2D eigenvalue weighted by Crippen LogP contribution is 2.35. The molecule has 0 radical (unpaired) electrons. The molecule has 3 heteroatoms. The molecule has 1 heterocycles. The Hall–Kier alpha value is -6.45. The maximum absolute atomic E-state index is 4.78. The van der Waals surface area contributed by atoms with E-state index in [0.29, 0.717) is 11.6 Å². The SMILES string of the molecule is c1ccc(-c2cc(-c3ccccc3)cc(-c3cccc(-c4cccc(-c5cccc(-c6ncnc(-c7ccccc7)n6)c5)c4)c3)c2)cc1. The highest BCUT2D eigenvalue weighted by Gasteiger charge is 2.11.